The summed E-state index contributed by atoms with van der Waals surface area (Å²) in [5.74, 6) is 0.579. The Labute approximate surface area is 168 Å². The van der Waals surface area contributed by atoms with Crippen LogP contribution in [0.25, 0.3) is 17.1 Å². The minimum Gasteiger partial charge on any atom is -0.327 e. The summed E-state index contributed by atoms with van der Waals surface area (Å²) in [5.41, 5.74) is 4.56. The van der Waals surface area contributed by atoms with Crippen molar-refractivity contribution in [2.75, 3.05) is 6.54 Å². The number of aromatic nitrogens is 2. The lowest BCUT2D eigenvalue weighted by molar-refractivity contribution is -0.124. The summed E-state index contributed by atoms with van der Waals surface area (Å²) in [4.78, 5) is 18.6. The minimum absolute atomic E-state index is 0.503. The first-order chi connectivity index (χ1) is 13.4. The maximum Gasteiger partial charge on any atom is 0.267 e. The molecule has 0 saturated carbocycles. The highest BCUT2D eigenvalue weighted by atomic mass is 16.5. The molecule has 0 atom stereocenters. The van der Waals surface area contributed by atoms with E-state index in [9.17, 15) is 4.79 Å². The van der Waals surface area contributed by atoms with Crippen LogP contribution in [0.4, 0.5) is 0 Å². The maximum absolute atomic E-state index is 11.2. The number of hydrogen-bond donors (Lipinski definition) is 2. The molecule has 0 bridgehead atoms. The molecule has 1 aromatic heterocycles. The van der Waals surface area contributed by atoms with Gasteiger partial charge in [0.05, 0.1) is 11.0 Å². The summed E-state index contributed by atoms with van der Waals surface area (Å²) < 4.78 is 2.34. The number of nitrogens with one attached hydrogen (secondary N) is 1. The Bertz CT molecular complexity index is 800. The third-order valence-corrected chi connectivity index (χ3v) is 5.05. The average molecular weight is 387 g/mol. The van der Waals surface area contributed by atoms with Crippen LogP contribution in [-0.2, 0) is 17.8 Å². The summed E-state index contributed by atoms with van der Waals surface area (Å²) >= 11 is 0. The first kappa shape index (κ1) is 22.1. The number of carbonyl (C=O) groups excluding carboxylic acids is 1. The number of carbonyl (C=O) groups is 1. The second kappa shape index (κ2) is 10.4. The molecule has 0 radical (unpaired) electrons. The topological polar surface area (TPSA) is 70.4 Å². The third-order valence-electron chi connectivity index (χ3n) is 5.05. The van der Waals surface area contributed by atoms with E-state index in [0.29, 0.717) is 12.1 Å². The van der Waals surface area contributed by atoms with Crippen LogP contribution in [0.3, 0.4) is 0 Å². The van der Waals surface area contributed by atoms with Crippen molar-refractivity contribution in [3.05, 3.63) is 35.7 Å². The monoisotopic (exact) mass is 386 g/mol. The van der Waals surface area contributed by atoms with Gasteiger partial charge in [0.25, 0.3) is 5.91 Å². The molecule has 6 nitrogen and oxygen atoms in total. The SMILES string of the molecule is CCCCc1nc2cc(/C=C/C(=O)NO)ccc2n1CCN(C(C)C)C(C)C. The van der Waals surface area contributed by atoms with E-state index in [1.54, 1.807) is 11.6 Å². The van der Waals surface area contributed by atoms with Crippen molar-refractivity contribution in [1.82, 2.24) is 19.9 Å². The summed E-state index contributed by atoms with van der Waals surface area (Å²) in [6, 6.07) is 7.05. The Hall–Kier alpha value is -2.18. The quantitative estimate of drug-likeness (QED) is 0.368. The van der Waals surface area contributed by atoms with E-state index in [2.05, 4.69) is 50.2 Å². The molecule has 2 rings (SSSR count). The molecule has 28 heavy (non-hydrogen) atoms. The van der Waals surface area contributed by atoms with Crippen molar-refractivity contribution in [3.8, 4) is 0 Å². The number of fused-ring (bicyclic) bond motifs is 1. The molecule has 0 unspecified atom stereocenters. The van der Waals surface area contributed by atoms with Gasteiger partial charge in [0.15, 0.2) is 0 Å². The van der Waals surface area contributed by atoms with E-state index in [1.165, 1.54) is 6.08 Å². The Morgan fingerprint density at radius 3 is 2.61 bits per heavy atom. The van der Waals surface area contributed by atoms with Crippen molar-refractivity contribution >= 4 is 23.0 Å². The van der Waals surface area contributed by atoms with Crippen LogP contribution in [-0.4, -0.2) is 44.2 Å². The Morgan fingerprint density at radius 1 is 1.29 bits per heavy atom. The molecule has 0 aliphatic carbocycles. The van der Waals surface area contributed by atoms with Crippen LogP contribution in [0.1, 0.15) is 58.8 Å². The van der Waals surface area contributed by atoms with Gasteiger partial charge >= 0.3 is 0 Å². The zero-order chi connectivity index (χ0) is 20.7. The van der Waals surface area contributed by atoms with Gasteiger partial charge in [0.1, 0.15) is 5.82 Å². The number of imidazole rings is 1. The van der Waals surface area contributed by atoms with Crippen LogP contribution < -0.4 is 5.48 Å². The zero-order valence-corrected chi connectivity index (χ0v) is 17.8. The number of aryl methyl sites for hydroxylation is 1. The fraction of sp³-hybridized carbons (Fsp3) is 0.545. The fourth-order valence-corrected chi connectivity index (χ4v) is 3.61. The van der Waals surface area contributed by atoms with E-state index in [4.69, 9.17) is 10.2 Å². The molecule has 2 aromatic rings. The molecule has 0 aliphatic heterocycles. The third kappa shape index (κ3) is 5.66. The van der Waals surface area contributed by atoms with E-state index < -0.39 is 5.91 Å². The molecule has 0 spiro atoms. The van der Waals surface area contributed by atoms with Crippen molar-refractivity contribution in [1.29, 1.82) is 0 Å². The fourth-order valence-electron chi connectivity index (χ4n) is 3.61. The molecule has 1 aromatic carbocycles. The highest BCUT2D eigenvalue weighted by Crippen LogP contribution is 2.21. The van der Waals surface area contributed by atoms with E-state index in [-0.39, 0.29) is 0 Å². The molecule has 1 amide bonds. The van der Waals surface area contributed by atoms with Crippen LogP contribution in [0.5, 0.6) is 0 Å². The summed E-state index contributed by atoms with van der Waals surface area (Å²) in [5, 5.41) is 8.62. The van der Waals surface area contributed by atoms with E-state index in [1.807, 2.05) is 12.1 Å². The largest absolute Gasteiger partial charge is 0.327 e. The number of benzene rings is 1. The average Bonchev–Trinajstić information content (AvgIpc) is 3.00. The van der Waals surface area contributed by atoms with Gasteiger partial charge in [0, 0.05) is 37.7 Å². The Balaban J connectivity index is 2.33. The van der Waals surface area contributed by atoms with Gasteiger partial charge in [-0.3, -0.25) is 14.9 Å². The Kier molecular flexibility index (Phi) is 8.20. The predicted octanol–water partition coefficient (Wildman–Crippen LogP) is 4.02. The first-order valence-corrected chi connectivity index (χ1v) is 10.2. The van der Waals surface area contributed by atoms with Crippen molar-refractivity contribution < 1.29 is 10.0 Å². The zero-order valence-electron chi connectivity index (χ0n) is 17.8. The number of rotatable bonds is 10. The molecule has 0 fully saturated rings. The minimum atomic E-state index is -0.545. The summed E-state index contributed by atoms with van der Waals surface area (Å²) in [6.07, 6.45) is 6.20. The van der Waals surface area contributed by atoms with Gasteiger partial charge in [-0.25, -0.2) is 10.5 Å². The normalized spacial score (nSPS) is 12.2. The Morgan fingerprint density at radius 2 is 2.00 bits per heavy atom. The van der Waals surface area contributed by atoms with Crippen molar-refractivity contribution in [2.45, 2.75) is 72.5 Å². The van der Waals surface area contributed by atoms with Crippen LogP contribution in [0, 0.1) is 0 Å². The van der Waals surface area contributed by atoms with E-state index in [0.717, 1.165) is 54.8 Å². The highest BCUT2D eigenvalue weighted by molar-refractivity contribution is 5.91. The molecule has 0 saturated heterocycles. The van der Waals surface area contributed by atoms with Crippen LogP contribution in [0.15, 0.2) is 24.3 Å². The number of hydrogen-bond acceptors (Lipinski definition) is 4. The summed E-state index contributed by atoms with van der Waals surface area (Å²) in [6.45, 7) is 13.1. The molecule has 154 valence electrons. The molecular weight excluding hydrogens is 352 g/mol. The number of unbranched alkanes of at least 4 members (excludes halogenated alkanes) is 1. The predicted molar refractivity (Wildman–Crippen MR) is 114 cm³/mol. The molecule has 1 heterocycles. The highest BCUT2D eigenvalue weighted by Gasteiger charge is 2.16. The van der Waals surface area contributed by atoms with Gasteiger partial charge in [0.2, 0.25) is 0 Å². The van der Waals surface area contributed by atoms with Gasteiger partial charge in [-0.1, -0.05) is 19.4 Å². The van der Waals surface area contributed by atoms with Crippen LogP contribution >= 0.6 is 0 Å². The lowest BCUT2D eigenvalue weighted by Gasteiger charge is -2.30. The van der Waals surface area contributed by atoms with Crippen molar-refractivity contribution in [2.24, 2.45) is 0 Å². The lowest BCUT2D eigenvalue weighted by atomic mass is 10.2. The first-order valence-electron chi connectivity index (χ1n) is 10.2. The number of amides is 1. The standard InChI is InChI=1S/C22H34N4O2/c1-6-7-8-21-23-19-15-18(10-12-22(27)24-28)9-11-20(19)26(21)14-13-25(16(2)3)17(4)5/h9-12,15-17,28H,6-8,13-14H2,1-5H3,(H,24,27)/b12-10+. The lowest BCUT2D eigenvalue weighted by Crippen LogP contribution is -2.39. The molecule has 2 N–H and O–H groups in total. The van der Waals surface area contributed by atoms with Crippen LogP contribution in [0.2, 0.25) is 0 Å². The van der Waals surface area contributed by atoms with E-state index >= 15 is 0 Å². The second-order valence-electron chi connectivity index (χ2n) is 7.77. The summed E-state index contributed by atoms with van der Waals surface area (Å²) in [7, 11) is 0. The second-order valence-corrected chi connectivity index (χ2v) is 7.77. The van der Waals surface area contributed by atoms with Gasteiger partial charge in [-0.2, -0.15) is 0 Å². The van der Waals surface area contributed by atoms with Gasteiger partial charge in [-0.15, -0.1) is 0 Å². The van der Waals surface area contributed by atoms with Gasteiger partial charge < -0.3 is 4.57 Å². The maximum atomic E-state index is 11.2. The van der Waals surface area contributed by atoms with Crippen molar-refractivity contribution in [3.63, 3.8) is 0 Å². The molecular formula is C22H34N4O2. The number of nitrogens with zero attached hydrogens (tertiary/aromatic N) is 3. The molecule has 6 heteroatoms. The molecule has 0 aliphatic rings. The number of hydroxylamine groups is 1. The smallest absolute Gasteiger partial charge is 0.267 e. The van der Waals surface area contributed by atoms with Gasteiger partial charge in [-0.05, 0) is 57.9 Å².